The Labute approximate surface area is 140 Å². The van der Waals surface area contributed by atoms with Crippen molar-refractivity contribution >= 4 is 24.1 Å². The molecule has 1 aromatic carbocycles. The van der Waals surface area contributed by atoms with E-state index in [9.17, 15) is 4.79 Å². The van der Waals surface area contributed by atoms with Gasteiger partial charge in [0.2, 0.25) is 5.95 Å². The van der Waals surface area contributed by atoms with Crippen molar-refractivity contribution in [2.24, 2.45) is 5.10 Å². The van der Waals surface area contributed by atoms with Crippen LogP contribution in [-0.4, -0.2) is 32.3 Å². The van der Waals surface area contributed by atoms with Gasteiger partial charge in [0.15, 0.2) is 0 Å². The van der Waals surface area contributed by atoms with Gasteiger partial charge in [-0.05, 0) is 40.0 Å². The topological polar surface area (TPSA) is 111 Å². The van der Waals surface area contributed by atoms with E-state index in [2.05, 4.69) is 64.2 Å². The van der Waals surface area contributed by atoms with Gasteiger partial charge in [0, 0.05) is 0 Å². The van der Waals surface area contributed by atoms with E-state index in [0.717, 1.165) is 11.1 Å². The molecule has 126 valence electrons. The summed E-state index contributed by atoms with van der Waals surface area (Å²) in [6, 6.07) is 8.34. The summed E-state index contributed by atoms with van der Waals surface area (Å²) < 4.78 is 1.18. The normalized spacial score (nSPS) is 12.1. The van der Waals surface area contributed by atoms with E-state index < -0.39 is 0 Å². The van der Waals surface area contributed by atoms with Gasteiger partial charge in [-0.2, -0.15) is 5.10 Å². The predicted molar refractivity (Wildman–Crippen MR) is 93.0 cm³/mol. The summed E-state index contributed by atoms with van der Waals surface area (Å²) in [6.07, 6.45) is 3.57. The summed E-state index contributed by atoms with van der Waals surface area (Å²) in [6.45, 7) is 6.14. The van der Waals surface area contributed by atoms with Gasteiger partial charge in [0.05, 0.1) is 6.21 Å². The third-order valence-electron chi connectivity index (χ3n) is 3.31. The molecule has 3 N–H and O–H groups in total. The molecule has 0 spiro atoms. The lowest BCUT2D eigenvalue weighted by molar-refractivity contribution is -0.121. The van der Waals surface area contributed by atoms with Gasteiger partial charge in [-0.25, -0.2) is 10.1 Å². The second-order valence-corrected chi connectivity index (χ2v) is 5.70. The number of aromatic nitrogens is 4. The standard InChI is InChI=1S/C16H21N7O/c1-11(2)14-6-4-13(5-7-14)8-12(3)9-18-19-15(24)10-23-16(17)20-21-22-23/h4-9,11H,10H2,1-3H3,(H,19,24)(H2,17,20,22)/b12-8-,18-9?. The fourth-order valence-electron chi connectivity index (χ4n) is 1.98. The number of carbonyl (C=O) groups is 1. The van der Waals surface area contributed by atoms with Crippen LogP contribution >= 0.6 is 0 Å². The van der Waals surface area contributed by atoms with Crippen LogP contribution < -0.4 is 11.2 Å². The van der Waals surface area contributed by atoms with Gasteiger partial charge < -0.3 is 5.73 Å². The zero-order chi connectivity index (χ0) is 17.5. The molecule has 1 aromatic heterocycles. The third kappa shape index (κ3) is 5.01. The number of amides is 1. The Balaban J connectivity index is 1.88. The van der Waals surface area contributed by atoms with Crippen LogP contribution in [0.2, 0.25) is 0 Å². The van der Waals surface area contributed by atoms with Crippen LogP contribution in [0, 0.1) is 0 Å². The number of nitrogens with two attached hydrogens (primary N) is 1. The van der Waals surface area contributed by atoms with E-state index in [0.29, 0.717) is 5.92 Å². The average Bonchev–Trinajstić information content (AvgIpc) is 2.93. The van der Waals surface area contributed by atoms with Crippen LogP contribution in [0.3, 0.4) is 0 Å². The molecule has 1 heterocycles. The largest absolute Gasteiger partial charge is 0.367 e. The van der Waals surface area contributed by atoms with Crippen molar-refractivity contribution in [1.82, 2.24) is 25.6 Å². The van der Waals surface area contributed by atoms with Crippen molar-refractivity contribution in [3.05, 3.63) is 41.0 Å². The summed E-state index contributed by atoms with van der Waals surface area (Å²) in [5.74, 6) is 0.226. The molecule has 2 aromatic rings. The fraction of sp³-hybridized carbons (Fsp3) is 0.312. The molecule has 2 rings (SSSR count). The monoisotopic (exact) mass is 327 g/mol. The number of tetrazole rings is 1. The average molecular weight is 327 g/mol. The first-order chi connectivity index (χ1) is 11.5. The quantitative estimate of drug-likeness (QED) is 0.618. The number of nitrogens with one attached hydrogen (secondary N) is 1. The summed E-state index contributed by atoms with van der Waals surface area (Å²) >= 11 is 0. The number of carbonyl (C=O) groups excluding carboxylic acids is 1. The van der Waals surface area contributed by atoms with E-state index in [1.165, 1.54) is 10.2 Å². The maximum atomic E-state index is 11.7. The molecule has 0 saturated carbocycles. The maximum Gasteiger partial charge on any atom is 0.261 e. The number of benzene rings is 1. The number of hydrogen-bond donors (Lipinski definition) is 2. The van der Waals surface area contributed by atoms with Crippen LogP contribution in [-0.2, 0) is 11.3 Å². The highest BCUT2D eigenvalue weighted by Crippen LogP contribution is 2.15. The van der Waals surface area contributed by atoms with Crippen LogP contribution in [0.5, 0.6) is 0 Å². The van der Waals surface area contributed by atoms with Crippen molar-refractivity contribution in [1.29, 1.82) is 0 Å². The highest BCUT2D eigenvalue weighted by molar-refractivity contribution is 5.86. The van der Waals surface area contributed by atoms with Gasteiger partial charge in [-0.1, -0.05) is 49.3 Å². The van der Waals surface area contributed by atoms with Gasteiger partial charge in [-0.15, -0.1) is 0 Å². The van der Waals surface area contributed by atoms with Crippen LogP contribution in [0.1, 0.15) is 37.8 Å². The maximum absolute atomic E-state index is 11.7. The van der Waals surface area contributed by atoms with Crippen LogP contribution in [0.4, 0.5) is 5.95 Å². The number of hydrazone groups is 1. The summed E-state index contributed by atoms with van der Waals surface area (Å²) in [5.41, 5.74) is 11.2. The highest BCUT2D eigenvalue weighted by Gasteiger charge is 2.06. The van der Waals surface area contributed by atoms with Crippen molar-refractivity contribution in [2.45, 2.75) is 33.2 Å². The molecule has 24 heavy (non-hydrogen) atoms. The lowest BCUT2D eigenvalue weighted by Crippen LogP contribution is -2.24. The molecule has 8 nitrogen and oxygen atoms in total. The number of hydrogen-bond acceptors (Lipinski definition) is 6. The molecule has 0 aliphatic carbocycles. The molecular formula is C16H21N7O. The summed E-state index contributed by atoms with van der Waals surface area (Å²) in [4.78, 5) is 11.7. The van der Waals surface area contributed by atoms with E-state index in [1.54, 1.807) is 6.21 Å². The third-order valence-corrected chi connectivity index (χ3v) is 3.31. The minimum atomic E-state index is -0.362. The highest BCUT2D eigenvalue weighted by atomic mass is 16.2. The molecule has 0 aliphatic rings. The predicted octanol–water partition coefficient (Wildman–Crippen LogP) is 1.58. The number of nitrogen functional groups attached to an aromatic ring is 1. The van der Waals surface area contributed by atoms with Gasteiger partial charge >= 0.3 is 0 Å². The van der Waals surface area contributed by atoms with E-state index in [-0.39, 0.29) is 18.4 Å². The van der Waals surface area contributed by atoms with E-state index in [1.807, 2.05) is 13.0 Å². The number of nitrogens with zero attached hydrogens (tertiary/aromatic N) is 5. The molecule has 0 unspecified atom stereocenters. The first kappa shape index (κ1) is 17.3. The minimum Gasteiger partial charge on any atom is -0.367 e. The first-order valence-electron chi connectivity index (χ1n) is 7.57. The smallest absolute Gasteiger partial charge is 0.261 e. The van der Waals surface area contributed by atoms with E-state index in [4.69, 9.17) is 5.73 Å². The molecule has 0 atom stereocenters. The molecule has 0 saturated heterocycles. The minimum absolute atomic E-state index is 0.0788. The zero-order valence-corrected chi connectivity index (χ0v) is 14.0. The fourth-order valence-corrected chi connectivity index (χ4v) is 1.98. The molecule has 0 aliphatic heterocycles. The lowest BCUT2D eigenvalue weighted by Gasteiger charge is -2.05. The van der Waals surface area contributed by atoms with Gasteiger partial charge in [0.1, 0.15) is 6.54 Å². The Morgan fingerprint density at radius 1 is 1.38 bits per heavy atom. The van der Waals surface area contributed by atoms with Crippen LogP contribution in [0.25, 0.3) is 6.08 Å². The number of rotatable bonds is 6. The first-order valence-corrected chi connectivity index (χ1v) is 7.57. The Morgan fingerprint density at radius 3 is 2.67 bits per heavy atom. The zero-order valence-electron chi connectivity index (χ0n) is 14.0. The van der Waals surface area contributed by atoms with Crippen molar-refractivity contribution in [2.75, 3.05) is 5.73 Å². The Bertz CT molecular complexity index is 744. The second-order valence-electron chi connectivity index (χ2n) is 5.70. The molecule has 0 radical (unpaired) electrons. The summed E-state index contributed by atoms with van der Waals surface area (Å²) in [7, 11) is 0. The molecular weight excluding hydrogens is 306 g/mol. The van der Waals surface area contributed by atoms with E-state index >= 15 is 0 Å². The number of allylic oxidation sites excluding steroid dienone is 1. The van der Waals surface area contributed by atoms with Crippen LogP contribution in [0.15, 0.2) is 34.9 Å². The Morgan fingerprint density at radius 2 is 2.08 bits per heavy atom. The molecule has 8 heteroatoms. The SMILES string of the molecule is C/C(C=NNC(=O)Cn1nnnc1N)=C/c1ccc(C(C)C)cc1. The Hall–Kier alpha value is -3.03. The lowest BCUT2D eigenvalue weighted by atomic mass is 10.0. The molecule has 1 amide bonds. The van der Waals surface area contributed by atoms with Crippen molar-refractivity contribution in [3.8, 4) is 0 Å². The Kier molecular flexibility index (Phi) is 5.78. The van der Waals surface area contributed by atoms with Gasteiger partial charge in [-0.3, -0.25) is 4.79 Å². The van der Waals surface area contributed by atoms with Gasteiger partial charge in [0.25, 0.3) is 5.91 Å². The van der Waals surface area contributed by atoms with Crippen molar-refractivity contribution in [3.63, 3.8) is 0 Å². The molecule has 0 bridgehead atoms. The molecule has 0 fully saturated rings. The summed E-state index contributed by atoms with van der Waals surface area (Å²) in [5, 5.41) is 14.3. The van der Waals surface area contributed by atoms with Crippen molar-refractivity contribution < 1.29 is 4.79 Å². The number of anilines is 1. The second kappa shape index (κ2) is 8.00.